The molecule has 0 radical (unpaired) electrons. The van der Waals surface area contributed by atoms with E-state index in [9.17, 15) is 35.9 Å². The maximum absolute atomic E-state index is 13.3. The lowest BCUT2D eigenvalue weighted by Gasteiger charge is -2.21. The number of nitrogens with one attached hydrogen (secondary N) is 1. The second-order valence-corrected chi connectivity index (χ2v) is 12.4. The fourth-order valence-corrected chi connectivity index (χ4v) is 6.14. The molecule has 6 rings (SSSR count). The van der Waals surface area contributed by atoms with E-state index in [-0.39, 0.29) is 29.0 Å². The Morgan fingerprint density at radius 1 is 0.961 bits per heavy atom. The number of amidine groups is 1. The quantitative estimate of drug-likeness (QED) is 0.169. The van der Waals surface area contributed by atoms with Crippen molar-refractivity contribution in [2.45, 2.75) is 32.8 Å². The van der Waals surface area contributed by atoms with Gasteiger partial charge >= 0.3 is 18.6 Å². The molecule has 0 atom stereocenters. The third kappa shape index (κ3) is 8.40. The van der Waals surface area contributed by atoms with E-state index < -0.39 is 24.1 Å². The number of aromatic nitrogens is 3. The summed E-state index contributed by atoms with van der Waals surface area (Å²) in [6, 6.07) is 19.7. The first-order chi connectivity index (χ1) is 24.1. The van der Waals surface area contributed by atoms with E-state index in [4.69, 9.17) is 0 Å². The normalized spacial score (nSPS) is 14.3. The highest BCUT2D eigenvalue weighted by molar-refractivity contribution is 8.15. The summed E-state index contributed by atoms with van der Waals surface area (Å²) < 4.78 is 82.8. The van der Waals surface area contributed by atoms with Crippen molar-refractivity contribution in [3.05, 3.63) is 119 Å². The average molecular weight is 725 g/mol. The topological polar surface area (TPSA) is 102 Å². The Hall–Kier alpha value is -5.64. The summed E-state index contributed by atoms with van der Waals surface area (Å²) in [5.41, 5.74) is 3.55. The Labute approximate surface area is 291 Å². The SMILES string of the molecule is Cc1ccc(Cc2cccc(C(F)(F)F)c2)c(N2C(=O)CS/C2=N\C(=O)Nc2ccc(-c3ncn(-c4ccc(OC(F)(F)F)cc4)n3)cc2C)c1. The fourth-order valence-electron chi connectivity index (χ4n) is 5.28. The van der Waals surface area contributed by atoms with Crippen LogP contribution in [0.15, 0.2) is 96.2 Å². The number of anilines is 2. The zero-order chi connectivity index (χ0) is 36.5. The lowest BCUT2D eigenvalue weighted by molar-refractivity contribution is -0.274. The molecule has 0 aliphatic carbocycles. The molecule has 5 aromatic rings. The largest absolute Gasteiger partial charge is 0.573 e. The number of hydrogen-bond donors (Lipinski definition) is 1. The second-order valence-electron chi connectivity index (χ2n) is 11.4. The molecule has 1 fully saturated rings. The first kappa shape index (κ1) is 35.2. The van der Waals surface area contributed by atoms with Gasteiger partial charge in [-0.1, -0.05) is 42.1 Å². The van der Waals surface area contributed by atoms with Crippen LogP contribution in [0.4, 0.5) is 42.5 Å². The molecule has 1 aliphatic heterocycles. The number of hydrogen-bond acceptors (Lipinski definition) is 6. The Balaban J connectivity index is 1.18. The standard InChI is InChI=1S/C35H26F6N6O3S/c1-20-6-7-23(16-22-4-3-5-25(17-22)34(36,37)38)29(14-20)47-30(48)18-51-33(47)44-32(49)43-28-13-8-24(15-21(28)2)31-42-19-46(45-31)26-9-11-27(12-10-26)50-35(39,40)41/h3-15,17,19H,16,18H2,1-2H3,(H,43,49)/b44-33-. The van der Waals surface area contributed by atoms with Gasteiger partial charge in [0, 0.05) is 11.3 Å². The van der Waals surface area contributed by atoms with Crippen molar-refractivity contribution in [2.24, 2.45) is 4.99 Å². The predicted octanol–water partition coefficient (Wildman–Crippen LogP) is 8.73. The number of aryl methyl sites for hydroxylation is 2. The van der Waals surface area contributed by atoms with Crippen LogP contribution in [0.3, 0.4) is 0 Å². The number of ether oxygens (including phenoxy) is 1. The van der Waals surface area contributed by atoms with E-state index in [2.05, 4.69) is 25.1 Å². The van der Waals surface area contributed by atoms with Gasteiger partial charge in [0.2, 0.25) is 5.91 Å². The number of urea groups is 1. The third-order valence-electron chi connectivity index (χ3n) is 7.65. The van der Waals surface area contributed by atoms with Gasteiger partial charge in [-0.25, -0.2) is 14.5 Å². The summed E-state index contributed by atoms with van der Waals surface area (Å²) in [6.45, 7) is 3.56. The number of halogens is 6. The number of benzene rings is 4. The van der Waals surface area contributed by atoms with Crippen molar-refractivity contribution in [2.75, 3.05) is 16.0 Å². The van der Waals surface area contributed by atoms with E-state index in [0.717, 1.165) is 41.6 Å². The lowest BCUT2D eigenvalue weighted by Crippen LogP contribution is -2.31. The predicted molar refractivity (Wildman–Crippen MR) is 180 cm³/mol. The van der Waals surface area contributed by atoms with Crippen molar-refractivity contribution in [3.63, 3.8) is 0 Å². The van der Waals surface area contributed by atoms with E-state index in [1.165, 1.54) is 34.1 Å². The minimum Gasteiger partial charge on any atom is -0.406 e. The van der Waals surface area contributed by atoms with Gasteiger partial charge in [-0.15, -0.1) is 18.3 Å². The molecule has 9 nitrogen and oxygen atoms in total. The summed E-state index contributed by atoms with van der Waals surface area (Å²) >= 11 is 1.07. The summed E-state index contributed by atoms with van der Waals surface area (Å²) in [6.07, 6.45) is -7.80. The minimum absolute atomic E-state index is 0.0158. The van der Waals surface area contributed by atoms with Crippen molar-refractivity contribution in [1.82, 2.24) is 14.8 Å². The number of amides is 3. The van der Waals surface area contributed by atoms with E-state index >= 15 is 0 Å². The minimum atomic E-state index is -4.81. The van der Waals surface area contributed by atoms with Gasteiger partial charge in [0.15, 0.2) is 11.0 Å². The van der Waals surface area contributed by atoms with Crippen molar-refractivity contribution < 1.29 is 40.7 Å². The molecule has 4 aromatic carbocycles. The fraction of sp³-hybridized carbons (Fsp3) is 0.171. The maximum atomic E-state index is 13.3. The van der Waals surface area contributed by atoms with Crippen molar-refractivity contribution in [3.8, 4) is 22.8 Å². The monoisotopic (exact) mass is 724 g/mol. The highest BCUT2D eigenvalue weighted by atomic mass is 32.2. The van der Waals surface area contributed by atoms with Gasteiger partial charge in [0.1, 0.15) is 12.1 Å². The second kappa shape index (κ2) is 13.9. The molecule has 0 bridgehead atoms. The van der Waals surface area contributed by atoms with Gasteiger partial charge in [0.05, 0.1) is 22.7 Å². The van der Waals surface area contributed by atoms with Crippen LogP contribution in [-0.4, -0.2) is 44.0 Å². The smallest absolute Gasteiger partial charge is 0.406 e. The van der Waals surface area contributed by atoms with E-state index in [1.807, 2.05) is 6.92 Å². The van der Waals surface area contributed by atoms with Gasteiger partial charge < -0.3 is 10.1 Å². The van der Waals surface area contributed by atoms with Crippen LogP contribution in [0.2, 0.25) is 0 Å². The van der Waals surface area contributed by atoms with Gasteiger partial charge in [-0.3, -0.25) is 9.69 Å². The first-order valence-corrected chi connectivity index (χ1v) is 16.1. The Morgan fingerprint density at radius 3 is 2.43 bits per heavy atom. The first-order valence-electron chi connectivity index (χ1n) is 15.1. The number of aliphatic imine (C=N–C) groups is 1. The summed E-state index contributed by atoms with van der Waals surface area (Å²) in [5, 5.41) is 7.24. The van der Waals surface area contributed by atoms with Crippen LogP contribution in [0.1, 0.15) is 27.8 Å². The molecule has 3 amide bonds. The van der Waals surface area contributed by atoms with Crippen LogP contribution in [0.25, 0.3) is 17.1 Å². The molecular weight excluding hydrogens is 698 g/mol. The molecule has 0 unspecified atom stereocenters. The van der Waals surface area contributed by atoms with Crippen LogP contribution >= 0.6 is 11.8 Å². The molecule has 16 heteroatoms. The molecule has 1 aliphatic rings. The highest BCUT2D eigenvalue weighted by Crippen LogP contribution is 2.34. The van der Waals surface area contributed by atoms with Crippen LogP contribution in [-0.2, 0) is 17.4 Å². The molecule has 1 N–H and O–H groups in total. The molecule has 1 aromatic heterocycles. The molecule has 262 valence electrons. The molecule has 2 heterocycles. The van der Waals surface area contributed by atoms with Crippen LogP contribution in [0, 0.1) is 13.8 Å². The lowest BCUT2D eigenvalue weighted by atomic mass is 9.99. The molecule has 1 saturated heterocycles. The van der Waals surface area contributed by atoms with E-state index in [0.29, 0.717) is 45.1 Å². The zero-order valence-corrected chi connectivity index (χ0v) is 27.5. The molecule has 51 heavy (non-hydrogen) atoms. The number of rotatable bonds is 7. The zero-order valence-electron chi connectivity index (χ0n) is 26.7. The number of alkyl halides is 6. The highest BCUT2D eigenvalue weighted by Gasteiger charge is 2.33. The summed E-state index contributed by atoms with van der Waals surface area (Å²) in [4.78, 5) is 36.0. The number of nitrogens with zero attached hydrogens (tertiary/aromatic N) is 5. The average Bonchev–Trinajstić information content (AvgIpc) is 3.69. The Kier molecular flexibility index (Phi) is 9.62. The molecule has 0 saturated carbocycles. The van der Waals surface area contributed by atoms with E-state index in [1.54, 1.807) is 49.4 Å². The maximum Gasteiger partial charge on any atom is 0.573 e. The Morgan fingerprint density at radius 2 is 1.73 bits per heavy atom. The number of carbonyl (C=O) groups is 2. The van der Waals surface area contributed by atoms with Gasteiger partial charge in [-0.2, -0.15) is 18.2 Å². The summed E-state index contributed by atoms with van der Waals surface area (Å²) in [5.74, 6) is -0.366. The third-order valence-corrected chi connectivity index (χ3v) is 8.57. The van der Waals surface area contributed by atoms with Crippen molar-refractivity contribution in [1.29, 1.82) is 0 Å². The van der Waals surface area contributed by atoms with Crippen LogP contribution < -0.4 is 15.0 Å². The molecular formula is C35H26F6N6O3S. The van der Waals surface area contributed by atoms with Crippen molar-refractivity contribution >= 4 is 40.2 Å². The number of thioether (sulfide) groups is 1. The van der Waals surface area contributed by atoms with Gasteiger partial charge in [0.25, 0.3) is 0 Å². The summed E-state index contributed by atoms with van der Waals surface area (Å²) in [7, 11) is 0. The molecule has 0 spiro atoms. The van der Waals surface area contributed by atoms with Gasteiger partial charge in [-0.05, 0) is 97.1 Å². The van der Waals surface area contributed by atoms with Crippen LogP contribution in [0.5, 0.6) is 5.75 Å². The Bertz CT molecular complexity index is 2150. The number of carbonyl (C=O) groups excluding carboxylic acids is 2.